The maximum absolute atomic E-state index is 12.8. The van der Waals surface area contributed by atoms with Gasteiger partial charge in [0.25, 0.3) is 0 Å². The van der Waals surface area contributed by atoms with Crippen molar-refractivity contribution in [2.45, 2.75) is 12.3 Å². The summed E-state index contributed by atoms with van der Waals surface area (Å²) in [5.74, 6) is 0. The first-order chi connectivity index (χ1) is 9.32. The molecule has 0 saturated carbocycles. The van der Waals surface area contributed by atoms with Crippen LogP contribution in [0.15, 0.2) is 49.6 Å². The molecule has 0 aliphatic carbocycles. The van der Waals surface area contributed by atoms with Crippen molar-refractivity contribution in [1.29, 1.82) is 0 Å². The van der Waals surface area contributed by atoms with Crippen LogP contribution in [-0.4, -0.2) is 56.3 Å². The molecule has 2 aromatic rings. The van der Waals surface area contributed by atoms with Crippen LogP contribution >= 0.6 is 0 Å². The van der Waals surface area contributed by atoms with E-state index in [9.17, 15) is 18.3 Å². The van der Waals surface area contributed by atoms with Crippen LogP contribution in [0.4, 0.5) is 13.2 Å². The summed E-state index contributed by atoms with van der Waals surface area (Å²) < 4.78 is 37.7. The van der Waals surface area contributed by atoms with Gasteiger partial charge in [-0.3, -0.25) is 0 Å². The van der Waals surface area contributed by atoms with Crippen LogP contribution in [0.3, 0.4) is 0 Å². The van der Waals surface area contributed by atoms with Crippen molar-refractivity contribution < 1.29 is 18.3 Å². The summed E-state index contributed by atoms with van der Waals surface area (Å²) in [7, 11) is 0. The second-order valence-corrected chi connectivity index (χ2v) is 7.22. The summed E-state index contributed by atoms with van der Waals surface area (Å²) in [5, 5.41) is 12.0. The van der Waals surface area contributed by atoms with E-state index < -0.39 is 15.9 Å². The molecule has 0 bridgehead atoms. The van der Waals surface area contributed by atoms with Crippen LogP contribution in [0, 0.1) is 0 Å². The predicted molar refractivity (Wildman–Crippen MR) is 73.5 cm³/mol. The van der Waals surface area contributed by atoms with Gasteiger partial charge in [0.2, 0.25) is 0 Å². The quantitative estimate of drug-likeness (QED) is 0.646. The van der Waals surface area contributed by atoms with Crippen LogP contribution < -0.4 is 0 Å². The third-order valence-corrected chi connectivity index (χ3v) is 8.05. The SMILES string of the molecule is OC(/[C]([Sn+])=[C](/[Sn+])C(F)(F)F)c1cccc2ccccc12. The molecular formula is C14H9F3OSn2+2. The van der Waals surface area contributed by atoms with E-state index in [0.29, 0.717) is 28.1 Å². The predicted octanol–water partition coefficient (Wildman–Crippen LogP) is 2.98. The second-order valence-electron chi connectivity index (χ2n) is 4.26. The average molecular weight is 488 g/mol. The van der Waals surface area contributed by atoms with Crippen LogP contribution in [0.25, 0.3) is 10.8 Å². The average Bonchev–Trinajstić information content (AvgIpc) is 2.43. The van der Waals surface area contributed by atoms with E-state index in [0.717, 1.165) is 10.8 Å². The number of halogens is 3. The molecular weight excluding hydrogens is 479 g/mol. The van der Waals surface area contributed by atoms with E-state index in [2.05, 4.69) is 0 Å². The van der Waals surface area contributed by atoms with Gasteiger partial charge in [-0.15, -0.1) is 0 Å². The summed E-state index contributed by atoms with van der Waals surface area (Å²) in [6, 6.07) is 12.7. The Morgan fingerprint density at radius 1 is 1.00 bits per heavy atom. The Labute approximate surface area is 141 Å². The molecule has 2 rings (SSSR count). The van der Waals surface area contributed by atoms with E-state index in [4.69, 9.17) is 0 Å². The normalized spacial score (nSPS) is 15.0. The first kappa shape index (κ1) is 16.2. The molecule has 0 aliphatic rings. The summed E-state index contributed by atoms with van der Waals surface area (Å²) in [6.07, 6.45) is -5.56. The summed E-state index contributed by atoms with van der Waals surface area (Å²) in [6.45, 7) is 0. The van der Waals surface area contributed by atoms with Gasteiger partial charge in [-0.25, -0.2) is 0 Å². The standard InChI is InChI=1S/C14H9F3O.2Sn/c15-14(16,17)9-8-13(18)12-7-3-5-10-4-1-2-6-11(10)12;;/h1-7,13,18H;;/q;2*+1. The van der Waals surface area contributed by atoms with Gasteiger partial charge in [0, 0.05) is 0 Å². The number of benzene rings is 2. The second kappa shape index (κ2) is 6.27. The summed E-state index contributed by atoms with van der Waals surface area (Å²) >= 11 is 0.865. The number of aliphatic hydroxyl groups is 1. The molecule has 20 heavy (non-hydrogen) atoms. The van der Waals surface area contributed by atoms with Gasteiger partial charge in [0.1, 0.15) is 0 Å². The van der Waals surface area contributed by atoms with Gasteiger partial charge in [-0.05, 0) is 0 Å². The number of hydrogen-bond acceptors (Lipinski definition) is 1. The zero-order chi connectivity index (χ0) is 14.9. The third-order valence-electron chi connectivity index (χ3n) is 2.94. The van der Waals surface area contributed by atoms with E-state index in [1.807, 2.05) is 30.3 Å². The van der Waals surface area contributed by atoms with Crippen molar-refractivity contribution in [3.8, 4) is 0 Å². The molecule has 1 nitrogen and oxygen atoms in total. The fourth-order valence-corrected chi connectivity index (χ4v) is 3.17. The molecule has 0 aliphatic heterocycles. The Bertz CT molecular complexity index is 660. The Morgan fingerprint density at radius 2 is 1.60 bits per heavy atom. The molecule has 1 atom stereocenters. The molecule has 98 valence electrons. The molecule has 0 amide bonds. The molecule has 0 spiro atoms. The number of allylic oxidation sites excluding steroid dienone is 1. The molecule has 1 unspecified atom stereocenters. The van der Waals surface area contributed by atoms with Gasteiger partial charge >= 0.3 is 142 Å². The molecule has 0 fully saturated rings. The third kappa shape index (κ3) is 3.33. The minimum atomic E-state index is -4.36. The molecule has 4 radical (unpaired) electrons. The monoisotopic (exact) mass is 490 g/mol. The topological polar surface area (TPSA) is 20.2 Å². The van der Waals surface area contributed by atoms with Gasteiger partial charge in [0.15, 0.2) is 0 Å². The van der Waals surface area contributed by atoms with Crippen LogP contribution in [-0.2, 0) is 0 Å². The molecule has 1 N–H and O–H groups in total. The van der Waals surface area contributed by atoms with Crippen molar-refractivity contribution in [3.05, 3.63) is 55.2 Å². The van der Waals surface area contributed by atoms with E-state index in [1.54, 1.807) is 12.1 Å². The first-order valence-corrected chi connectivity index (χ1v) is 8.58. The summed E-state index contributed by atoms with van der Waals surface area (Å²) in [4.78, 5) is 0. The molecule has 0 heterocycles. The first-order valence-electron chi connectivity index (χ1n) is 5.72. The number of alkyl halides is 3. The van der Waals surface area contributed by atoms with Crippen molar-refractivity contribution in [3.63, 3.8) is 0 Å². The zero-order valence-electron chi connectivity index (χ0n) is 10.2. The maximum atomic E-state index is 12.8. The Kier molecular flexibility index (Phi) is 5.07. The van der Waals surface area contributed by atoms with Gasteiger partial charge in [0.05, 0.1) is 0 Å². The number of aliphatic hydroxyl groups excluding tert-OH is 1. The van der Waals surface area contributed by atoms with Crippen molar-refractivity contribution in [1.82, 2.24) is 0 Å². The van der Waals surface area contributed by atoms with Crippen LogP contribution in [0.2, 0.25) is 0 Å². The van der Waals surface area contributed by atoms with Crippen LogP contribution in [0.1, 0.15) is 11.7 Å². The van der Waals surface area contributed by atoms with Crippen molar-refractivity contribution >= 4 is 55.8 Å². The van der Waals surface area contributed by atoms with E-state index in [-0.39, 0.29) is 26.1 Å². The molecule has 6 heteroatoms. The molecule has 0 saturated heterocycles. The molecule has 2 aromatic carbocycles. The van der Waals surface area contributed by atoms with Crippen molar-refractivity contribution in [2.75, 3.05) is 0 Å². The Balaban J connectivity index is 2.55. The zero-order valence-corrected chi connectivity index (χ0v) is 15.9. The Hall–Kier alpha value is -0.213. The fourth-order valence-electron chi connectivity index (χ4n) is 1.93. The van der Waals surface area contributed by atoms with E-state index in [1.165, 1.54) is 0 Å². The molecule has 0 aromatic heterocycles. The minimum absolute atomic E-state index is 0.0549. The van der Waals surface area contributed by atoms with Crippen LogP contribution in [0.5, 0.6) is 0 Å². The van der Waals surface area contributed by atoms with Crippen molar-refractivity contribution in [2.24, 2.45) is 0 Å². The fraction of sp³-hybridized carbons (Fsp3) is 0.143. The number of hydrogen-bond donors (Lipinski definition) is 1. The van der Waals surface area contributed by atoms with Gasteiger partial charge in [-0.1, -0.05) is 0 Å². The van der Waals surface area contributed by atoms with Gasteiger partial charge < -0.3 is 0 Å². The van der Waals surface area contributed by atoms with E-state index >= 15 is 0 Å². The van der Waals surface area contributed by atoms with Gasteiger partial charge in [-0.2, -0.15) is 0 Å². The Morgan fingerprint density at radius 3 is 2.25 bits per heavy atom. The number of fused-ring (bicyclic) bond motifs is 1. The number of rotatable bonds is 2. The summed E-state index contributed by atoms with van der Waals surface area (Å²) in [5.41, 5.74) is 0.527.